The van der Waals surface area contributed by atoms with E-state index in [2.05, 4.69) is 142 Å². The van der Waals surface area contributed by atoms with Gasteiger partial charge in [0.1, 0.15) is 13.2 Å². The van der Waals surface area contributed by atoms with Crippen molar-refractivity contribution in [1.82, 2.24) is 0 Å². The summed E-state index contributed by atoms with van der Waals surface area (Å²) in [6.07, 6.45) is 94.9. The summed E-state index contributed by atoms with van der Waals surface area (Å²) in [5.74, 6) is -1.04. The molecule has 0 saturated heterocycles. The number of hydrogen-bond donors (Lipinski definition) is 0. The minimum atomic E-state index is -0.821. The molecule has 6 heteroatoms. The predicted molar refractivity (Wildman–Crippen MR) is 348 cm³/mol. The Bertz CT molecular complexity index is 1700. The maximum Gasteiger partial charge on any atom is 0.309 e. The van der Waals surface area contributed by atoms with Gasteiger partial charge in [0.15, 0.2) is 6.10 Å². The van der Waals surface area contributed by atoms with E-state index >= 15 is 0 Å². The SMILES string of the molecule is CC/C=C\C/C=C\C/C=C\C/C=C\C/C=C\C/C=C\CCCCCCCCCCCCCCC(=O)OCC(COC(=O)C/C=C\C/C=C\C/C=C\C/C=C\C/C=C\CC)OC(=O)CCCCCCCCCCCCCCCCCC. The van der Waals surface area contributed by atoms with Crippen LogP contribution in [0.15, 0.2) is 134 Å². The number of hydrogen-bond acceptors (Lipinski definition) is 6. The predicted octanol–water partition coefficient (Wildman–Crippen LogP) is 22.9. The third-order valence-electron chi connectivity index (χ3n) is 13.9. The highest BCUT2D eigenvalue weighted by Crippen LogP contribution is 2.16. The highest BCUT2D eigenvalue weighted by atomic mass is 16.6. The Morgan fingerprint density at radius 2 is 0.537 bits per heavy atom. The van der Waals surface area contributed by atoms with Gasteiger partial charge in [-0.3, -0.25) is 14.4 Å². The lowest BCUT2D eigenvalue weighted by atomic mass is 10.0. The van der Waals surface area contributed by atoms with Crippen molar-refractivity contribution < 1.29 is 28.6 Å². The lowest BCUT2D eigenvalue weighted by molar-refractivity contribution is -0.166. The van der Waals surface area contributed by atoms with Crippen LogP contribution in [0.2, 0.25) is 0 Å². The van der Waals surface area contributed by atoms with E-state index in [1.54, 1.807) is 6.08 Å². The molecule has 0 heterocycles. The maximum absolute atomic E-state index is 12.9. The third kappa shape index (κ3) is 64.4. The number of esters is 3. The van der Waals surface area contributed by atoms with Crippen molar-refractivity contribution in [3.05, 3.63) is 134 Å². The minimum Gasteiger partial charge on any atom is -0.462 e. The van der Waals surface area contributed by atoms with Crippen molar-refractivity contribution >= 4 is 17.9 Å². The van der Waals surface area contributed by atoms with Gasteiger partial charge in [0, 0.05) is 12.8 Å². The number of rotatable bonds is 59. The number of carbonyl (C=O) groups excluding carboxylic acids is 3. The monoisotopic (exact) mass is 1110 g/mol. The standard InChI is InChI=1S/C74H122O6/c1-4-7-10-13-16-19-22-25-28-30-31-32-33-34-35-36-37-38-39-40-41-42-43-44-47-49-52-55-58-61-64-67-73(76)79-70-71(69-78-72(75)66-63-60-57-54-51-48-45-27-24-21-18-15-12-9-6-3)80-74(77)68-65-62-59-56-53-50-46-29-26-23-20-17-14-11-8-5-2/h7,9-10,12,16,18-19,21,25,27-28,31-32,34-35,37-38,45,51,54,60,63,71H,4-6,8,11,13-15,17,20,22-24,26,29-30,33,36,39-44,46-50,52-53,55-59,61-62,64-70H2,1-3H3/b10-7-,12-9-,19-16-,21-18-,28-25-,32-31-,35-34-,38-37-,45-27-,54-51-,63-60-. The second-order valence-corrected chi connectivity index (χ2v) is 21.6. The molecule has 0 bridgehead atoms. The van der Waals surface area contributed by atoms with Crippen molar-refractivity contribution in [2.24, 2.45) is 0 Å². The van der Waals surface area contributed by atoms with Gasteiger partial charge in [-0.05, 0) is 96.3 Å². The molecule has 0 N–H and O–H groups in total. The summed E-state index contributed by atoms with van der Waals surface area (Å²) < 4.78 is 16.8. The van der Waals surface area contributed by atoms with Crippen LogP contribution < -0.4 is 0 Å². The van der Waals surface area contributed by atoms with Crippen molar-refractivity contribution in [3.63, 3.8) is 0 Å². The van der Waals surface area contributed by atoms with E-state index < -0.39 is 12.1 Å². The van der Waals surface area contributed by atoms with Gasteiger partial charge < -0.3 is 14.2 Å². The average molecular weight is 1110 g/mol. The van der Waals surface area contributed by atoms with Crippen LogP contribution in [-0.4, -0.2) is 37.2 Å². The molecule has 6 nitrogen and oxygen atoms in total. The van der Waals surface area contributed by atoms with Gasteiger partial charge in [-0.2, -0.15) is 0 Å². The molecule has 0 aliphatic carbocycles. The molecular formula is C74H122O6. The summed E-state index contributed by atoms with van der Waals surface area (Å²) in [4.78, 5) is 38.3. The second kappa shape index (κ2) is 67.1. The quantitative estimate of drug-likeness (QED) is 0.0261. The molecule has 1 atom stereocenters. The highest BCUT2D eigenvalue weighted by molar-refractivity contribution is 5.72. The fourth-order valence-corrected chi connectivity index (χ4v) is 9.05. The summed E-state index contributed by atoms with van der Waals surface area (Å²) in [5.41, 5.74) is 0. The molecule has 0 aromatic carbocycles. The second-order valence-electron chi connectivity index (χ2n) is 21.6. The first-order valence-electron chi connectivity index (χ1n) is 33.2. The number of carbonyl (C=O) groups is 3. The lowest BCUT2D eigenvalue weighted by Gasteiger charge is -2.18. The number of allylic oxidation sites excluding steroid dienone is 21. The molecule has 80 heavy (non-hydrogen) atoms. The van der Waals surface area contributed by atoms with Gasteiger partial charge in [-0.1, -0.05) is 315 Å². The molecule has 0 rings (SSSR count). The van der Waals surface area contributed by atoms with Crippen molar-refractivity contribution in [2.75, 3.05) is 13.2 Å². The van der Waals surface area contributed by atoms with Gasteiger partial charge in [-0.15, -0.1) is 0 Å². The fourth-order valence-electron chi connectivity index (χ4n) is 9.05. The van der Waals surface area contributed by atoms with E-state index in [1.807, 2.05) is 6.08 Å². The summed E-state index contributed by atoms with van der Waals surface area (Å²) in [5, 5.41) is 0. The first-order valence-corrected chi connectivity index (χ1v) is 33.2. The average Bonchev–Trinajstić information content (AvgIpc) is 3.46. The van der Waals surface area contributed by atoms with E-state index in [0.717, 1.165) is 109 Å². The van der Waals surface area contributed by atoms with Crippen LogP contribution in [0.3, 0.4) is 0 Å². The maximum atomic E-state index is 12.9. The molecule has 1 unspecified atom stereocenters. The lowest BCUT2D eigenvalue weighted by Crippen LogP contribution is -2.30. The molecule has 0 aromatic heterocycles. The zero-order valence-corrected chi connectivity index (χ0v) is 52.0. The molecule has 0 saturated carbocycles. The van der Waals surface area contributed by atoms with Gasteiger partial charge >= 0.3 is 17.9 Å². The summed E-state index contributed by atoms with van der Waals surface area (Å²) >= 11 is 0. The summed E-state index contributed by atoms with van der Waals surface area (Å²) in [7, 11) is 0. The molecular weight excluding hydrogens is 985 g/mol. The Morgan fingerprint density at radius 3 is 0.875 bits per heavy atom. The topological polar surface area (TPSA) is 78.9 Å². The Kier molecular flexibility index (Phi) is 63.3. The first-order chi connectivity index (χ1) is 39.5. The minimum absolute atomic E-state index is 0.109. The van der Waals surface area contributed by atoms with Crippen LogP contribution in [0.4, 0.5) is 0 Å². The smallest absolute Gasteiger partial charge is 0.309 e. The first kappa shape index (κ1) is 75.5. The van der Waals surface area contributed by atoms with Gasteiger partial charge in [0.25, 0.3) is 0 Å². The van der Waals surface area contributed by atoms with Crippen LogP contribution in [0.25, 0.3) is 0 Å². The van der Waals surface area contributed by atoms with E-state index in [0.29, 0.717) is 12.8 Å². The van der Waals surface area contributed by atoms with E-state index in [9.17, 15) is 14.4 Å². The number of ether oxygens (including phenoxy) is 3. The van der Waals surface area contributed by atoms with Crippen LogP contribution in [0.5, 0.6) is 0 Å². The zero-order chi connectivity index (χ0) is 57.8. The van der Waals surface area contributed by atoms with Gasteiger partial charge in [0.2, 0.25) is 0 Å². The molecule has 0 spiro atoms. The van der Waals surface area contributed by atoms with Crippen LogP contribution in [0, 0.1) is 0 Å². The normalized spacial score (nSPS) is 13.0. The highest BCUT2D eigenvalue weighted by Gasteiger charge is 2.19. The Morgan fingerprint density at radius 1 is 0.275 bits per heavy atom. The van der Waals surface area contributed by atoms with E-state index in [-0.39, 0.29) is 31.6 Å². The van der Waals surface area contributed by atoms with Crippen LogP contribution in [-0.2, 0) is 28.6 Å². The molecule has 0 fully saturated rings. The molecule has 0 aromatic rings. The van der Waals surface area contributed by atoms with Crippen molar-refractivity contribution in [2.45, 2.75) is 303 Å². The molecule has 0 radical (unpaired) electrons. The van der Waals surface area contributed by atoms with Gasteiger partial charge in [-0.25, -0.2) is 0 Å². The molecule has 0 aliphatic rings. The fraction of sp³-hybridized carbons (Fsp3) is 0.662. The Balaban J connectivity index is 4.32. The van der Waals surface area contributed by atoms with Crippen LogP contribution >= 0.6 is 0 Å². The Labute approximate surface area is 494 Å². The van der Waals surface area contributed by atoms with E-state index in [4.69, 9.17) is 14.2 Å². The van der Waals surface area contributed by atoms with Crippen molar-refractivity contribution in [3.8, 4) is 0 Å². The number of unbranched alkanes of at least 4 members (excludes halogenated alkanes) is 27. The largest absolute Gasteiger partial charge is 0.462 e. The molecule has 0 aliphatic heterocycles. The van der Waals surface area contributed by atoms with Gasteiger partial charge in [0.05, 0.1) is 6.42 Å². The van der Waals surface area contributed by atoms with E-state index in [1.165, 1.54) is 148 Å². The van der Waals surface area contributed by atoms with Crippen molar-refractivity contribution in [1.29, 1.82) is 0 Å². The molecule has 0 amide bonds. The Hall–Kier alpha value is -4.45. The summed E-state index contributed by atoms with van der Waals surface area (Å²) in [6.45, 7) is 6.34. The third-order valence-corrected chi connectivity index (χ3v) is 13.9. The summed E-state index contributed by atoms with van der Waals surface area (Å²) in [6, 6.07) is 0. The zero-order valence-electron chi connectivity index (χ0n) is 52.0. The molecule has 454 valence electrons. The van der Waals surface area contributed by atoms with Crippen LogP contribution in [0.1, 0.15) is 297 Å².